The van der Waals surface area contributed by atoms with Gasteiger partial charge in [0, 0.05) is 17.5 Å². The van der Waals surface area contributed by atoms with Gasteiger partial charge >= 0.3 is 0 Å². The number of hydrogen-bond acceptors (Lipinski definition) is 4. The summed E-state index contributed by atoms with van der Waals surface area (Å²) in [5.41, 5.74) is 2.14. The fourth-order valence-corrected chi connectivity index (χ4v) is 3.05. The molecule has 25 heavy (non-hydrogen) atoms. The average Bonchev–Trinajstić information content (AvgIpc) is 3.12. The van der Waals surface area contributed by atoms with Crippen molar-refractivity contribution in [2.45, 2.75) is 13.5 Å². The molecule has 0 aliphatic heterocycles. The van der Waals surface area contributed by atoms with Gasteiger partial charge in [-0.15, -0.1) is 11.3 Å². The van der Waals surface area contributed by atoms with Gasteiger partial charge in [-0.25, -0.2) is 9.37 Å². The van der Waals surface area contributed by atoms with Crippen LogP contribution in [0.5, 0.6) is 5.75 Å². The van der Waals surface area contributed by atoms with Crippen molar-refractivity contribution in [3.05, 3.63) is 71.0 Å². The molecule has 0 saturated heterocycles. The third kappa shape index (κ3) is 4.42. The molecular weight excluding hydrogens is 339 g/mol. The van der Waals surface area contributed by atoms with Crippen LogP contribution in [0.15, 0.2) is 53.9 Å². The van der Waals surface area contributed by atoms with Gasteiger partial charge in [-0.2, -0.15) is 0 Å². The summed E-state index contributed by atoms with van der Waals surface area (Å²) in [6.45, 7) is 2.88. The summed E-state index contributed by atoms with van der Waals surface area (Å²) in [6, 6.07) is 13.6. The average molecular weight is 356 g/mol. The SMILES string of the molecule is CCOc1ccc(-c2nc(C(=O)NCc3ccc(F)cc3)cs2)cc1. The summed E-state index contributed by atoms with van der Waals surface area (Å²) in [7, 11) is 0. The molecule has 3 rings (SSSR count). The van der Waals surface area contributed by atoms with E-state index >= 15 is 0 Å². The number of halogens is 1. The van der Waals surface area contributed by atoms with Crippen molar-refractivity contribution < 1.29 is 13.9 Å². The largest absolute Gasteiger partial charge is 0.494 e. The standard InChI is InChI=1S/C19H17FN2O2S/c1-2-24-16-9-5-14(6-10-16)19-22-17(12-25-19)18(23)21-11-13-3-7-15(20)8-4-13/h3-10,12H,2,11H2,1H3,(H,21,23). The van der Waals surface area contributed by atoms with Gasteiger partial charge in [0.1, 0.15) is 22.3 Å². The predicted octanol–water partition coefficient (Wildman–Crippen LogP) is 4.28. The fraction of sp³-hybridized carbons (Fsp3) is 0.158. The maximum Gasteiger partial charge on any atom is 0.271 e. The minimum Gasteiger partial charge on any atom is -0.494 e. The summed E-state index contributed by atoms with van der Waals surface area (Å²) >= 11 is 1.41. The summed E-state index contributed by atoms with van der Waals surface area (Å²) in [6.07, 6.45) is 0. The van der Waals surface area contributed by atoms with Crippen LogP contribution in [0.3, 0.4) is 0 Å². The summed E-state index contributed by atoms with van der Waals surface area (Å²) < 4.78 is 18.3. The molecule has 0 saturated carbocycles. The van der Waals surface area contributed by atoms with Crippen LogP contribution in [0.4, 0.5) is 4.39 Å². The van der Waals surface area contributed by atoms with Crippen LogP contribution in [0.2, 0.25) is 0 Å². The van der Waals surface area contributed by atoms with Crippen molar-refractivity contribution in [1.29, 1.82) is 0 Å². The number of hydrogen-bond donors (Lipinski definition) is 1. The number of amides is 1. The van der Waals surface area contributed by atoms with Crippen molar-refractivity contribution >= 4 is 17.2 Å². The molecule has 0 bridgehead atoms. The van der Waals surface area contributed by atoms with E-state index in [1.165, 1.54) is 23.5 Å². The van der Waals surface area contributed by atoms with E-state index in [0.29, 0.717) is 18.8 Å². The first-order chi connectivity index (χ1) is 12.2. The summed E-state index contributed by atoms with van der Waals surface area (Å²) in [5, 5.41) is 5.29. The van der Waals surface area contributed by atoms with Gasteiger partial charge < -0.3 is 10.1 Å². The third-order valence-electron chi connectivity index (χ3n) is 3.52. The van der Waals surface area contributed by atoms with Gasteiger partial charge in [0.05, 0.1) is 6.61 Å². The van der Waals surface area contributed by atoms with E-state index < -0.39 is 0 Å². The Labute approximate surface area is 149 Å². The molecule has 4 nitrogen and oxygen atoms in total. The quantitative estimate of drug-likeness (QED) is 0.717. The van der Waals surface area contributed by atoms with E-state index in [-0.39, 0.29) is 11.7 Å². The van der Waals surface area contributed by atoms with Gasteiger partial charge in [0.25, 0.3) is 5.91 Å². The highest BCUT2D eigenvalue weighted by Gasteiger charge is 2.12. The molecule has 0 fully saturated rings. The normalized spacial score (nSPS) is 10.5. The zero-order valence-electron chi connectivity index (χ0n) is 13.7. The summed E-state index contributed by atoms with van der Waals surface area (Å²) in [5.74, 6) is 0.257. The second kappa shape index (κ2) is 7.90. The first kappa shape index (κ1) is 17.1. The monoisotopic (exact) mass is 356 g/mol. The molecule has 1 aromatic heterocycles. The van der Waals surface area contributed by atoms with Crippen molar-refractivity contribution in [2.24, 2.45) is 0 Å². The highest BCUT2D eigenvalue weighted by atomic mass is 32.1. The number of benzene rings is 2. The van der Waals surface area contributed by atoms with E-state index in [1.54, 1.807) is 17.5 Å². The Morgan fingerprint density at radius 2 is 1.88 bits per heavy atom. The molecular formula is C19H17FN2O2S. The van der Waals surface area contributed by atoms with Crippen LogP contribution >= 0.6 is 11.3 Å². The Kier molecular flexibility index (Phi) is 5.40. The predicted molar refractivity (Wildman–Crippen MR) is 96.3 cm³/mol. The van der Waals surface area contributed by atoms with E-state index in [9.17, 15) is 9.18 Å². The van der Waals surface area contributed by atoms with E-state index in [1.807, 2.05) is 31.2 Å². The third-order valence-corrected chi connectivity index (χ3v) is 4.41. The number of thiazole rings is 1. The molecule has 0 radical (unpaired) electrons. The van der Waals surface area contributed by atoms with Crippen LogP contribution in [0.25, 0.3) is 10.6 Å². The number of carbonyl (C=O) groups excluding carboxylic acids is 1. The molecule has 0 aliphatic rings. The second-order valence-corrected chi connectivity index (χ2v) is 6.16. The molecule has 3 aromatic rings. The lowest BCUT2D eigenvalue weighted by Gasteiger charge is -2.04. The first-order valence-electron chi connectivity index (χ1n) is 7.87. The van der Waals surface area contributed by atoms with Gasteiger partial charge in [0.15, 0.2) is 0 Å². The van der Waals surface area contributed by atoms with Gasteiger partial charge in [-0.3, -0.25) is 4.79 Å². The number of aromatic nitrogens is 1. The Balaban J connectivity index is 1.63. The smallest absolute Gasteiger partial charge is 0.271 e. The lowest BCUT2D eigenvalue weighted by molar-refractivity contribution is 0.0946. The van der Waals surface area contributed by atoms with Crippen LogP contribution in [0.1, 0.15) is 23.0 Å². The van der Waals surface area contributed by atoms with Crippen LogP contribution < -0.4 is 10.1 Å². The zero-order chi connectivity index (χ0) is 17.6. The minimum absolute atomic E-state index is 0.252. The molecule has 6 heteroatoms. The maximum atomic E-state index is 12.9. The Bertz CT molecular complexity index is 845. The molecule has 0 unspecified atom stereocenters. The van der Waals surface area contributed by atoms with Crippen LogP contribution in [-0.2, 0) is 6.54 Å². The van der Waals surface area contributed by atoms with Crippen LogP contribution in [0, 0.1) is 5.82 Å². The van der Waals surface area contributed by atoms with Crippen molar-refractivity contribution in [1.82, 2.24) is 10.3 Å². The number of nitrogens with one attached hydrogen (secondary N) is 1. The Morgan fingerprint density at radius 3 is 2.56 bits per heavy atom. The Morgan fingerprint density at radius 1 is 1.16 bits per heavy atom. The van der Waals surface area contributed by atoms with Crippen molar-refractivity contribution in [3.8, 4) is 16.3 Å². The topological polar surface area (TPSA) is 51.2 Å². The number of nitrogens with zero attached hydrogens (tertiary/aromatic N) is 1. The lowest BCUT2D eigenvalue weighted by Crippen LogP contribution is -2.23. The molecule has 1 heterocycles. The molecule has 0 spiro atoms. The molecule has 2 aromatic carbocycles. The molecule has 1 amide bonds. The molecule has 0 atom stereocenters. The number of carbonyl (C=O) groups is 1. The number of ether oxygens (including phenoxy) is 1. The Hall–Kier alpha value is -2.73. The minimum atomic E-state index is -0.297. The molecule has 1 N–H and O–H groups in total. The van der Waals surface area contributed by atoms with E-state index in [0.717, 1.165) is 21.9 Å². The van der Waals surface area contributed by atoms with Crippen molar-refractivity contribution in [2.75, 3.05) is 6.61 Å². The van der Waals surface area contributed by atoms with Gasteiger partial charge in [-0.05, 0) is 48.9 Å². The van der Waals surface area contributed by atoms with Crippen molar-refractivity contribution in [3.63, 3.8) is 0 Å². The second-order valence-electron chi connectivity index (χ2n) is 5.30. The highest BCUT2D eigenvalue weighted by Crippen LogP contribution is 2.25. The fourth-order valence-electron chi connectivity index (χ4n) is 2.25. The zero-order valence-corrected chi connectivity index (χ0v) is 14.5. The molecule has 0 aliphatic carbocycles. The first-order valence-corrected chi connectivity index (χ1v) is 8.75. The number of rotatable bonds is 6. The van der Waals surface area contributed by atoms with Gasteiger partial charge in [0.2, 0.25) is 0 Å². The summed E-state index contributed by atoms with van der Waals surface area (Å²) in [4.78, 5) is 16.6. The van der Waals surface area contributed by atoms with E-state index in [2.05, 4.69) is 10.3 Å². The van der Waals surface area contributed by atoms with Crippen LogP contribution in [-0.4, -0.2) is 17.5 Å². The van der Waals surface area contributed by atoms with E-state index in [4.69, 9.17) is 4.74 Å². The highest BCUT2D eigenvalue weighted by molar-refractivity contribution is 7.13. The lowest BCUT2D eigenvalue weighted by atomic mass is 10.2. The van der Waals surface area contributed by atoms with Gasteiger partial charge in [-0.1, -0.05) is 12.1 Å². The molecule has 128 valence electrons. The maximum absolute atomic E-state index is 12.9.